The van der Waals surface area contributed by atoms with Gasteiger partial charge in [0.25, 0.3) is 0 Å². The van der Waals surface area contributed by atoms with E-state index in [0.29, 0.717) is 0 Å². The van der Waals surface area contributed by atoms with Crippen LogP contribution < -0.4 is 0 Å². The molecule has 12 heavy (non-hydrogen) atoms. The molecule has 0 saturated carbocycles. The van der Waals surface area contributed by atoms with Crippen molar-refractivity contribution in [3.63, 3.8) is 0 Å². The van der Waals surface area contributed by atoms with Gasteiger partial charge in [0.1, 0.15) is 0 Å². The third kappa shape index (κ3) is 4.53. The van der Waals surface area contributed by atoms with Crippen LogP contribution in [0.4, 0.5) is 0 Å². The Hall–Kier alpha value is -0.323. The van der Waals surface area contributed by atoms with Crippen LogP contribution in [0.3, 0.4) is 0 Å². The number of rotatable bonds is 6. The second-order valence-electron chi connectivity index (χ2n) is 3.14. The Labute approximate surface area is 77.1 Å². The van der Waals surface area contributed by atoms with Crippen molar-refractivity contribution in [2.24, 2.45) is 0 Å². The van der Waals surface area contributed by atoms with Crippen molar-refractivity contribution >= 4 is 10.2 Å². The van der Waals surface area contributed by atoms with Gasteiger partial charge in [-0.15, -0.1) is 0 Å². The summed E-state index contributed by atoms with van der Waals surface area (Å²) in [6.07, 6.45) is 1.88. The number of hydrogen-bond acceptors (Lipinski definition) is 3. The van der Waals surface area contributed by atoms with Crippen molar-refractivity contribution in [1.29, 1.82) is 0 Å². The highest BCUT2D eigenvalue weighted by molar-refractivity contribution is 6.14. The van der Waals surface area contributed by atoms with Crippen molar-refractivity contribution in [2.45, 2.75) is 24.9 Å². The third-order valence-corrected chi connectivity index (χ3v) is 2.54. The molecular formula is C8H18O3Si. The normalized spacial score (nSPS) is 18.2. The van der Waals surface area contributed by atoms with Crippen LogP contribution in [0.15, 0.2) is 12.8 Å². The van der Waals surface area contributed by atoms with Gasteiger partial charge in [0.15, 0.2) is 0 Å². The highest BCUT2D eigenvalue weighted by atomic mass is 28.1. The molecule has 0 bridgehead atoms. The molecule has 0 saturated heterocycles. The van der Waals surface area contributed by atoms with Gasteiger partial charge in [-0.2, -0.15) is 0 Å². The molecule has 0 aliphatic rings. The number of ether oxygens (including phenoxy) is 3. The lowest BCUT2D eigenvalue weighted by Crippen LogP contribution is -2.34. The van der Waals surface area contributed by atoms with E-state index in [4.69, 9.17) is 14.2 Å². The molecule has 0 N–H and O–H groups in total. The van der Waals surface area contributed by atoms with Crippen LogP contribution in [0.25, 0.3) is 0 Å². The van der Waals surface area contributed by atoms with Crippen molar-refractivity contribution in [2.75, 3.05) is 14.2 Å². The highest BCUT2D eigenvalue weighted by Gasteiger charge is 2.22. The maximum absolute atomic E-state index is 5.28. The molecule has 0 radical (unpaired) electrons. The second-order valence-corrected chi connectivity index (χ2v) is 5.25. The van der Waals surface area contributed by atoms with Gasteiger partial charge in [-0.3, -0.25) is 0 Å². The number of methoxy groups -OCH3 is 2. The lowest BCUT2D eigenvalue weighted by molar-refractivity contribution is -0.114. The Kier molecular flexibility index (Phi) is 5.20. The molecule has 0 aromatic rings. The first-order valence-corrected chi connectivity index (χ1v) is 4.90. The summed E-state index contributed by atoms with van der Waals surface area (Å²) in [5.41, 5.74) is 0. The molecule has 4 heteroatoms. The Morgan fingerprint density at radius 2 is 2.17 bits per heavy atom. The summed E-state index contributed by atoms with van der Waals surface area (Å²) < 4.78 is 15.5. The molecule has 2 unspecified atom stereocenters. The monoisotopic (exact) mass is 190 g/mol. The van der Waals surface area contributed by atoms with Gasteiger partial charge in [0.05, 0.1) is 11.5 Å². The van der Waals surface area contributed by atoms with E-state index in [9.17, 15) is 0 Å². The molecule has 0 amide bonds. The van der Waals surface area contributed by atoms with E-state index in [0.717, 1.165) is 16.7 Å². The standard InChI is InChI=1S/C8H18O3Si/c1-5-11-7(9-3)6-8(2,12)10-4/h5,7H,1,6H2,2-4,12H3. The molecule has 72 valence electrons. The largest absolute Gasteiger partial charge is 0.473 e. The fourth-order valence-electron chi connectivity index (χ4n) is 0.779. The average molecular weight is 190 g/mol. The summed E-state index contributed by atoms with van der Waals surface area (Å²) in [4.78, 5) is 0. The van der Waals surface area contributed by atoms with E-state index >= 15 is 0 Å². The smallest absolute Gasteiger partial charge is 0.201 e. The lowest BCUT2D eigenvalue weighted by Gasteiger charge is -2.27. The molecule has 0 aromatic heterocycles. The van der Waals surface area contributed by atoms with E-state index in [1.165, 1.54) is 6.26 Å². The summed E-state index contributed by atoms with van der Waals surface area (Å²) in [6, 6.07) is 0. The van der Waals surface area contributed by atoms with Crippen LogP contribution in [0.1, 0.15) is 13.3 Å². The molecule has 0 heterocycles. The van der Waals surface area contributed by atoms with Crippen molar-refractivity contribution in [3.05, 3.63) is 12.8 Å². The topological polar surface area (TPSA) is 27.7 Å². The second kappa shape index (κ2) is 5.34. The predicted molar refractivity (Wildman–Crippen MR) is 52.0 cm³/mol. The molecule has 3 nitrogen and oxygen atoms in total. The van der Waals surface area contributed by atoms with Crippen LogP contribution in [-0.4, -0.2) is 36.0 Å². The van der Waals surface area contributed by atoms with E-state index < -0.39 is 0 Å². The quantitative estimate of drug-likeness (QED) is 0.341. The first-order valence-electron chi connectivity index (χ1n) is 3.90. The van der Waals surface area contributed by atoms with Crippen molar-refractivity contribution < 1.29 is 14.2 Å². The predicted octanol–water partition coefficient (Wildman–Crippen LogP) is 0.237. The van der Waals surface area contributed by atoms with Crippen LogP contribution in [0, 0.1) is 0 Å². The molecule has 0 aliphatic heterocycles. The third-order valence-electron chi connectivity index (χ3n) is 1.72. The van der Waals surface area contributed by atoms with Gasteiger partial charge in [-0.1, -0.05) is 6.58 Å². The first kappa shape index (κ1) is 11.7. The molecule has 0 aromatic carbocycles. The Morgan fingerprint density at radius 1 is 1.58 bits per heavy atom. The van der Waals surface area contributed by atoms with Gasteiger partial charge >= 0.3 is 0 Å². The zero-order valence-electron chi connectivity index (χ0n) is 8.29. The zero-order chi connectivity index (χ0) is 9.61. The summed E-state index contributed by atoms with van der Waals surface area (Å²) in [6.45, 7) is 5.51. The van der Waals surface area contributed by atoms with Crippen LogP contribution in [0.2, 0.25) is 0 Å². The fraction of sp³-hybridized carbons (Fsp3) is 0.750. The minimum atomic E-state index is -0.245. The minimum Gasteiger partial charge on any atom is -0.473 e. The van der Waals surface area contributed by atoms with E-state index in [-0.39, 0.29) is 11.5 Å². The maximum Gasteiger partial charge on any atom is 0.201 e. The van der Waals surface area contributed by atoms with Crippen molar-refractivity contribution in [3.8, 4) is 0 Å². The summed E-state index contributed by atoms with van der Waals surface area (Å²) in [5.74, 6) is 0. The van der Waals surface area contributed by atoms with Crippen LogP contribution in [0.5, 0.6) is 0 Å². The molecule has 0 spiro atoms. The van der Waals surface area contributed by atoms with Gasteiger partial charge in [0, 0.05) is 30.9 Å². The Balaban J connectivity index is 3.91. The van der Waals surface area contributed by atoms with Gasteiger partial charge in [-0.05, 0) is 6.92 Å². The van der Waals surface area contributed by atoms with E-state index in [1.807, 2.05) is 6.92 Å². The van der Waals surface area contributed by atoms with E-state index in [2.05, 4.69) is 6.58 Å². The van der Waals surface area contributed by atoms with Gasteiger partial charge < -0.3 is 14.2 Å². The zero-order valence-corrected chi connectivity index (χ0v) is 10.3. The minimum absolute atomic E-state index is 0.0936. The Morgan fingerprint density at radius 3 is 2.50 bits per heavy atom. The molecule has 0 aliphatic carbocycles. The molecular weight excluding hydrogens is 172 g/mol. The lowest BCUT2D eigenvalue weighted by atomic mass is 10.2. The summed E-state index contributed by atoms with van der Waals surface area (Å²) in [5, 5.41) is -0.0936. The molecule has 0 fully saturated rings. The van der Waals surface area contributed by atoms with Gasteiger partial charge in [-0.25, -0.2) is 0 Å². The average Bonchev–Trinajstić information content (AvgIpc) is 2.03. The first-order chi connectivity index (χ1) is 5.55. The summed E-state index contributed by atoms with van der Waals surface area (Å²) >= 11 is 0. The van der Waals surface area contributed by atoms with Crippen molar-refractivity contribution in [1.82, 2.24) is 0 Å². The Bertz CT molecular complexity index is 136. The maximum atomic E-state index is 5.28. The number of hydrogen-bond donors (Lipinski definition) is 0. The molecule has 0 rings (SSSR count). The van der Waals surface area contributed by atoms with Crippen LogP contribution >= 0.6 is 0 Å². The SMILES string of the molecule is C=COC(CC(C)([SiH3])OC)OC. The van der Waals surface area contributed by atoms with Crippen LogP contribution in [-0.2, 0) is 14.2 Å². The van der Waals surface area contributed by atoms with Gasteiger partial charge in [0.2, 0.25) is 6.29 Å². The fourth-order valence-corrected chi connectivity index (χ4v) is 1.11. The highest BCUT2D eigenvalue weighted by Crippen LogP contribution is 2.14. The summed E-state index contributed by atoms with van der Waals surface area (Å²) in [7, 11) is 4.26. The molecule has 2 atom stereocenters. The van der Waals surface area contributed by atoms with E-state index in [1.54, 1.807) is 14.2 Å².